The van der Waals surface area contributed by atoms with Gasteiger partial charge >= 0.3 is 0 Å². The number of nitrogen functional groups attached to an aromatic ring is 1. The Labute approximate surface area is 289 Å². The minimum absolute atomic E-state index is 0.0770. The van der Waals surface area contributed by atoms with Gasteiger partial charge in [-0.3, -0.25) is 0 Å². The third-order valence-electron chi connectivity index (χ3n) is 6.06. The third-order valence-corrected chi connectivity index (χ3v) is 7.78. The van der Waals surface area contributed by atoms with Crippen molar-refractivity contribution in [1.82, 2.24) is 15.0 Å². The quantitative estimate of drug-likeness (QED) is 0.0141. The molecule has 264 valence electrons. The smallest absolute Gasteiger partial charge is 0.233 e. The van der Waals surface area contributed by atoms with Crippen LogP contribution in [0.15, 0.2) is 62.5 Å². The highest BCUT2D eigenvalue weighted by molar-refractivity contribution is 7.95. The molecule has 49 heavy (non-hydrogen) atoms. The molecular formula is C25H29N9O12S3. The number of aromatic hydroxyl groups is 1. The number of nitrogens with zero attached hydrogens (tertiary/aromatic N) is 6. The van der Waals surface area contributed by atoms with Crippen molar-refractivity contribution < 1.29 is 59.2 Å². The van der Waals surface area contributed by atoms with Crippen LogP contribution in [0.25, 0.3) is 10.8 Å². The van der Waals surface area contributed by atoms with Gasteiger partial charge in [-0.2, -0.15) is 15.0 Å². The molecule has 21 nitrogen and oxygen atoms in total. The molecule has 24 heteroatoms. The normalized spacial score (nSPS) is 11.4. The number of rotatable bonds is 21. The van der Waals surface area contributed by atoms with E-state index in [1.54, 1.807) is 41.3 Å². The monoisotopic (exact) mass is 743 g/mol. The van der Waals surface area contributed by atoms with E-state index in [9.17, 15) is 15.3 Å². The van der Waals surface area contributed by atoms with Gasteiger partial charge in [0.2, 0.25) is 17.8 Å². The average Bonchev–Trinajstić information content (AvgIpc) is 3.09. The Morgan fingerprint density at radius 3 is 2.31 bits per heavy atom. The summed E-state index contributed by atoms with van der Waals surface area (Å²) >= 11 is 2.10. The number of aliphatic hydroxyl groups excluding tert-OH is 2. The minimum atomic E-state index is -0.227. The molecule has 0 fully saturated rings. The van der Waals surface area contributed by atoms with E-state index < -0.39 is 0 Å². The standard InChI is InChI=1S/C25H29N9O12S3/c26-17-3-1-14-11-16(48-45-42-39)13-19(37)21(14)22(17)33-32-18-4-2-15(12-20(18)49-46-43-40)28-24-29-23(27-5-10-47-44-41-38)30-25(31-24)34(6-8-35)7-9-36/h1-4,11-13,35-40H,5-10,26H2,(H2,27,28,29,30,31)/b33-32+. The second-order valence-corrected chi connectivity index (χ2v) is 11.4. The molecule has 0 bridgehead atoms. The molecule has 0 spiro atoms. The number of phenols is 1. The SMILES string of the molecule is Nc1ccc2cc(SOOO)cc(O)c2c1/N=N/c1ccc(Nc2nc(NCCSOOO)nc(N(CCO)CCO)n2)cc1SOOO. The largest absolute Gasteiger partial charge is 0.507 e. The predicted octanol–water partition coefficient (Wildman–Crippen LogP) is 4.60. The van der Waals surface area contributed by atoms with Gasteiger partial charge in [-0.05, 0) is 41.8 Å². The molecule has 1 heterocycles. The summed E-state index contributed by atoms with van der Waals surface area (Å²) in [7, 11) is 0. The van der Waals surface area contributed by atoms with Crippen LogP contribution in [-0.2, 0) is 28.1 Å². The predicted molar refractivity (Wildman–Crippen MR) is 177 cm³/mol. The van der Waals surface area contributed by atoms with Gasteiger partial charge < -0.3 is 36.6 Å². The van der Waals surface area contributed by atoms with Gasteiger partial charge in [-0.15, -0.1) is 23.2 Å². The van der Waals surface area contributed by atoms with E-state index in [1.807, 2.05) is 0 Å². The zero-order chi connectivity index (χ0) is 35.0. The van der Waals surface area contributed by atoms with E-state index in [-0.39, 0.29) is 67.0 Å². The first-order chi connectivity index (χ1) is 23.9. The molecule has 0 saturated heterocycles. The molecule has 0 aliphatic carbocycles. The van der Waals surface area contributed by atoms with E-state index in [0.717, 1.165) is 12.0 Å². The Morgan fingerprint density at radius 1 is 0.837 bits per heavy atom. The molecule has 0 aliphatic heterocycles. The fourth-order valence-electron chi connectivity index (χ4n) is 4.11. The van der Waals surface area contributed by atoms with Crippen molar-refractivity contribution in [2.75, 3.05) is 59.9 Å². The number of phenolic OH excluding ortho intramolecular Hbond substituents is 1. The summed E-state index contributed by atoms with van der Waals surface area (Å²) in [6, 6.07) is 11.0. The highest BCUT2D eigenvalue weighted by atomic mass is 32.2. The van der Waals surface area contributed by atoms with Gasteiger partial charge in [-0.1, -0.05) is 21.2 Å². The molecule has 0 atom stereocenters. The van der Waals surface area contributed by atoms with Crippen LogP contribution in [0, 0.1) is 0 Å². The lowest BCUT2D eigenvalue weighted by atomic mass is 10.1. The first-order valence-electron chi connectivity index (χ1n) is 13.6. The lowest BCUT2D eigenvalue weighted by Crippen LogP contribution is -2.32. The van der Waals surface area contributed by atoms with Gasteiger partial charge in [0.15, 0.2) is 0 Å². The molecule has 10 N–H and O–H groups in total. The van der Waals surface area contributed by atoms with Crippen LogP contribution in [0.2, 0.25) is 0 Å². The Bertz CT molecular complexity index is 1690. The van der Waals surface area contributed by atoms with Crippen molar-refractivity contribution in [3.63, 3.8) is 0 Å². The first kappa shape index (κ1) is 38.0. The molecule has 0 saturated carbocycles. The van der Waals surface area contributed by atoms with Crippen molar-refractivity contribution in [1.29, 1.82) is 0 Å². The number of nitrogens with two attached hydrogens (primary N) is 1. The summed E-state index contributed by atoms with van der Waals surface area (Å²) in [5.41, 5.74) is 7.22. The molecular weight excluding hydrogens is 715 g/mol. The number of fused-ring (bicyclic) bond motifs is 1. The van der Waals surface area contributed by atoms with Crippen LogP contribution in [-0.4, -0.2) is 84.6 Å². The average molecular weight is 744 g/mol. The van der Waals surface area contributed by atoms with E-state index >= 15 is 0 Å². The number of azo groups is 1. The van der Waals surface area contributed by atoms with Crippen LogP contribution in [0.3, 0.4) is 0 Å². The zero-order valence-electron chi connectivity index (χ0n) is 24.9. The van der Waals surface area contributed by atoms with Crippen molar-refractivity contribution in [2.45, 2.75) is 9.79 Å². The molecule has 0 aliphatic rings. The molecule has 0 radical (unpaired) electrons. The number of aromatic nitrogens is 3. The summed E-state index contributed by atoms with van der Waals surface area (Å²) in [5.74, 6) is 0.519. The molecule has 0 unspecified atom stereocenters. The summed E-state index contributed by atoms with van der Waals surface area (Å²) in [5, 5.41) is 81.7. The summed E-state index contributed by atoms with van der Waals surface area (Å²) in [6.07, 6.45) is 0. The van der Waals surface area contributed by atoms with Crippen LogP contribution in [0.5, 0.6) is 5.75 Å². The minimum Gasteiger partial charge on any atom is -0.507 e. The first-order valence-corrected chi connectivity index (χ1v) is 16.0. The summed E-state index contributed by atoms with van der Waals surface area (Å²) < 4.78 is 13.5. The van der Waals surface area contributed by atoms with Crippen LogP contribution < -0.4 is 21.3 Å². The van der Waals surface area contributed by atoms with Gasteiger partial charge in [0.05, 0.1) is 53.3 Å². The number of aliphatic hydroxyl groups is 2. The lowest BCUT2D eigenvalue weighted by Gasteiger charge is -2.21. The number of hydrogen-bond donors (Lipinski definition) is 9. The second kappa shape index (κ2) is 20.0. The zero-order valence-corrected chi connectivity index (χ0v) is 27.4. The molecule has 0 amide bonds. The topological polar surface area (TPSA) is 293 Å². The summed E-state index contributed by atoms with van der Waals surface area (Å²) in [6.45, 7) is 0.102. The molecule has 1 aromatic heterocycles. The van der Waals surface area contributed by atoms with Gasteiger partial charge in [0.1, 0.15) is 17.1 Å². The van der Waals surface area contributed by atoms with Crippen molar-refractivity contribution >= 4 is 87.5 Å². The maximum absolute atomic E-state index is 10.7. The number of anilines is 5. The number of hydrogen-bond acceptors (Lipinski definition) is 24. The third kappa shape index (κ3) is 11.1. The maximum atomic E-state index is 10.7. The van der Waals surface area contributed by atoms with Crippen LogP contribution >= 0.6 is 36.1 Å². The Morgan fingerprint density at radius 2 is 1.57 bits per heavy atom. The van der Waals surface area contributed by atoms with Crippen molar-refractivity contribution in [3.8, 4) is 5.75 Å². The molecule has 4 rings (SSSR count). The van der Waals surface area contributed by atoms with Gasteiger partial charge in [0, 0.05) is 48.0 Å². The van der Waals surface area contributed by atoms with Gasteiger partial charge in [0.25, 0.3) is 0 Å². The molecule has 4 aromatic rings. The van der Waals surface area contributed by atoms with E-state index in [4.69, 9.17) is 21.5 Å². The van der Waals surface area contributed by atoms with E-state index in [1.165, 1.54) is 6.07 Å². The Kier molecular flexibility index (Phi) is 15.5. The molecule has 3 aromatic carbocycles. The number of benzene rings is 3. The fourth-order valence-corrected chi connectivity index (χ4v) is 5.32. The van der Waals surface area contributed by atoms with E-state index in [0.29, 0.717) is 62.6 Å². The van der Waals surface area contributed by atoms with Crippen LogP contribution in [0.1, 0.15) is 0 Å². The van der Waals surface area contributed by atoms with Crippen molar-refractivity contribution in [2.24, 2.45) is 10.2 Å². The highest BCUT2D eigenvalue weighted by Gasteiger charge is 2.16. The Balaban J connectivity index is 1.65. The summed E-state index contributed by atoms with van der Waals surface area (Å²) in [4.78, 5) is 15.4. The highest BCUT2D eigenvalue weighted by Crippen LogP contribution is 2.42. The second-order valence-electron chi connectivity index (χ2n) is 9.11. The number of nitrogens with one attached hydrogen (secondary N) is 2. The fraction of sp³-hybridized carbons (Fsp3) is 0.240. The van der Waals surface area contributed by atoms with E-state index in [2.05, 4.69) is 63.9 Å². The Hall–Kier alpha value is -3.86. The van der Waals surface area contributed by atoms with Gasteiger partial charge in [-0.25, -0.2) is 15.8 Å². The van der Waals surface area contributed by atoms with Crippen LogP contribution in [0.4, 0.5) is 40.6 Å². The lowest BCUT2D eigenvalue weighted by molar-refractivity contribution is -0.432. The maximum Gasteiger partial charge on any atom is 0.233 e. The van der Waals surface area contributed by atoms with Crippen molar-refractivity contribution in [3.05, 3.63) is 42.5 Å².